The molecule has 0 saturated heterocycles. The summed E-state index contributed by atoms with van der Waals surface area (Å²) in [5.74, 6) is -0.571. The molecule has 1 aromatic heterocycles. The van der Waals surface area contributed by atoms with Crippen LogP contribution in [0.4, 0.5) is 5.69 Å². The van der Waals surface area contributed by atoms with Gasteiger partial charge in [0, 0.05) is 24.2 Å². The van der Waals surface area contributed by atoms with E-state index in [2.05, 4.69) is 15.3 Å². The Hall–Kier alpha value is -3.28. The maximum absolute atomic E-state index is 12.1. The molecule has 0 spiro atoms. The first-order valence-electron chi connectivity index (χ1n) is 9.09. The fourth-order valence-corrected chi connectivity index (χ4v) is 3.51. The van der Waals surface area contributed by atoms with Crippen molar-refractivity contribution in [2.75, 3.05) is 19.4 Å². The van der Waals surface area contributed by atoms with Gasteiger partial charge in [-0.3, -0.25) is 14.7 Å². The van der Waals surface area contributed by atoms with Gasteiger partial charge in [0.15, 0.2) is 0 Å². The van der Waals surface area contributed by atoms with Gasteiger partial charge in [0.25, 0.3) is 0 Å². The number of nitriles is 1. The number of carbonyl (C=O) groups is 1. The van der Waals surface area contributed by atoms with Crippen molar-refractivity contribution >= 4 is 17.8 Å². The van der Waals surface area contributed by atoms with Crippen LogP contribution >= 0.6 is 0 Å². The van der Waals surface area contributed by atoms with Gasteiger partial charge in [-0.1, -0.05) is 18.2 Å². The maximum Gasteiger partial charge on any atom is 0.249 e. The van der Waals surface area contributed by atoms with E-state index in [1.54, 1.807) is 49.8 Å². The monoisotopic (exact) mass is 393 g/mol. The SMILES string of the molecule is CN(C)C(Nc1cccnc1)C(C)(C=NC#N)C(C)(N)c1ccccc1C(N)=O. The minimum Gasteiger partial charge on any atom is -0.367 e. The predicted octanol–water partition coefficient (Wildman–Crippen LogP) is 1.91. The van der Waals surface area contributed by atoms with Gasteiger partial charge in [-0.2, -0.15) is 10.3 Å². The zero-order chi connectivity index (χ0) is 21.7. The molecule has 0 bridgehead atoms. The zero-order valence-electron chi connectivity index (χ0n) is 17.1. The lowest BCUT2D eigenvalue weighted by atomic mass is 9.65. The van der Waals surface area contributed by atoms with E-state index in [4.69, 9.17) is 16.7 Å². The number of nitrogens with one attached hydrogen (secondary N) is 1. The Bertz CT molecular complexity index is 918. The summed E-state index contributed by atoms with van der Waals surface area (Å²) in [6.45, 7) is 3.69. The van der Waals surface area contributed by atoms with Crippen LogP contribution in [0.25, 0.3) is 0 Å². The smallest absolute Gasteiger partial charge is 0.249 e. The summed E-state index contributed by atoms with van der Waals surface area (Å²) >= 11 is 0. The van der Waals surface area contributed by atoms with Crippen molar-refractivity contribution in [3.05, 3.63) is 59.9 Å². The predicted molar refractivity (Wildman–Crippen MR) is 114 cm³/mol. The summed E-state index contributed by atoms with van der Waals surface area (Å²) in [6.07, 6.45) is 6.31. The molecule has 0 aliphatic rings. The van der Waals surface area contributed by atoms with Crippen LogP contribution in [-0.4, -0.2) is 42.3 Å². The van der Waals surface area contributed by atoms with E-state index in [9.17, 15) is 4.79 Å². The molecule has 5 N–H and O–H groups in total. The highest BCUT2D eigenvalue weighted by atomic mass is 16.1. The van der Waals surface area contributed by atoms with Crippen molar-refractivity contribution in [3.8, 4) is 6.19 Å². The van der Waals surface area contributed by atoms with Crippen molar-refractivity contribution in [2.45, 2.75) is 25.6 Å². The molecule has 2 aromatic rings. The number of aliphatic imine (C=N–C) groups is 1. The molecule has 1 heterocycles. The van der Waals surface area contributed by atoms with Crippen LogP contribution in [0, 0.1) is 16.9 Å². The number of carbonyl (C=O) groups excluding carboxylic acids is 1. The van der Waals surface area contributed by atoms with E-state index in [-0.39, 0.29) is 0 Å². The highest BCUT2D eigenvalue weighted by Crippen LogP contribution is 2.42. The van der Waals surface area contributed by atoms with Gasteiger partial charge in [0.2, 0.25) is 12.1 Å². The second kappa shape index (κ2) is 8.82. The minimum atomic E-state index is -1.12. The molecular weight excluding hydrogens is 366 g/mol. The molecule has 1 amide bonds. The molecule has 0 aliphatic heterocycles. The lowest BCUT2D eigenvalue weighted by molar-refractivity contribution is 0.0986. The Morgan fingerprint density at radius 1 is 1.31 bits per heavy atom. The third-order valence-electron chi connectivity index (χ3n) is 5.31. The number of hydrogen-bond acceptors (Lipinski definition) is 7. The highest BCUT2D eigenvalue weighted by Gasteiger charge is 2.50. The number of benzene rings is 1. The van der Waals surface area contributed by atoms with Gasteiger partial charge in [-0.05, 0) is 51.7 Å². The normalized spacial score (nSPS) is 16.6. The molecule has 3 unspecified atom stereocenters. The number of nitrogens with zero attached hydrogens (tertiary/aromatic N) is 4. The van der Waals surface area contributed by atoms with E-state index in [0.717, 1.165) is 5.69 Å². The number of pyridine rings is 1. The Labute approximate surface area is 171 Å². The zero-order valence-corrected chi connectivity index (χ0v) is 17.1. The average molecular weight is 393 g/mol. The summed E-state index contributed by atoms with van der Waals surface area (Å²) in [5.41, 5.74) is 12.1. The largest absolute Gasteiger partial charge is 0.367 e. The fraction of sp³-hybridized carbons (Fsp3) is 0.333. The summed E-state index contributed by atoms with van der Waals surface area (Å²) in [4.78, 5) is 22.0. The lowest BCUT2D eigenvalue weighted by Crippen LogP contribution is -2.62. The van der Waals surface area contributed by atoms with Gasteiger partial charge in [-0.25, -0.2) is 0 Å². The number of hydrogen-bond donors (Lipinski definition) is 3. The van der Waals surface area contributed by atoms with Gasteiger partial charge in [-0.15, -0.1) is 0 Å². The molecule has 152 valence electrons. The molecular formula is C21H27N7O. The van der Waals surface area contributed by atoms with Gasteiger partial charge < -0.3 is 16.8 Å². The quantitative estimate of drug-likeness (QED) is 0.356. The molecule has 2 rings (SSSR count). The highest BCUT2D eigenvalue weighted by molar-refractivity contribution is 5.95. The third kappa shape index (κ3) is 4.42. The Morgan fingerprint density at radius 3 is 2.55 bits per heavy atom. The Balaban J connectivity index is 2.67. The van der Waals surface area contributed by atoms with Crippen LogP contribution in [0.2, 0.25) is 0 Å². The fourth-order valence-electron chi connectivity index (χ4n) is 3.51. The number of nitrogens with two attached hydrogens (primary N) is 2. The molecule has 0 saturated carbocycles. The number of rotatable bonds is 8. The third-order valence-corrected chi connectivity index (χ3v) is 5.31. The van der Waals surface area contributed by atoms with Gasteiger partial charge >= 0.3 is 0 Å². The van der Waals surface area contributed by atoms with Crippen LogP contribution in [-0.2, 0) is 5.54 Å². The van der Waals surface area contributed by atoms with Crippen molar-refractivity contribution in [2.24, 2.45) is 21.9 Å². The first-order chi connectivity index (χ1) is 13.6. The van der Waals surface area contributed by atoms with Crippen LogP contribution in [0.1, 0.15) is 29.8 Å². The molecule has 0 radical (unpaired) electrons. The molecule has 8 heteroatoms. The Morgan fingerprint density at radius 2 is 2.00 bits per heavy atom. The van der Waals surface area contributed by atoms with Crippen LogP contribution in [0.5, 0.6) is 0 Å². The lowest BCUT2D eigenvalue weighted by Gasteiger charge is -2.49. The van der Waals surface area contributed by atoms with Crippen LogP contribution in [0.15, 0.2) is 53.8 Å². The van der Waals surface area contributed by atoms with Gasteiger partial charge in [0.05, 0.1) is 22.8 Å². The number of anilines is 1. The van der Waals surface area contributed by atoms with Crippen molar-refractivity contribution < 1.29 is 4.79 Å². The minimum absolute atomic E-state index is 0.327. The van der Waals surface area contributed by atoms with Gasteiger partial charge in [0.1, 0.15) is 0 Å². The molecule has 0 fully saturated rings. The number of amides is 1. The van der Waals surface area contributed by atoms with E-state index in [1.807, 2.05) is 38.1 Å². The van der Waals surface area contributed by atoms with E-state index in [0.29, 0.717) is 11.1 Å². The molecule has 3 atom stereocenters. The summed E-state index contributed by atoms with van der Waals surface area (Å²) in [7, 11) is 3.78. The molecule has 8 nitrogen and oxygen atoms in total. The molecule has 29 heavy (non-hydrogen) atoms. The second-order valence-electron chi connectivity index (χ2n) is 7.51. The van der Waals surface area contributed by atoms with Crippen molar-refractivity contribution in [1.82, 2.24) is 9.88 Å². The average Bonchev–Trinajstić information content (AvgIpc) is 2.70. The van der Waals surface area contributed by atoms with Crippen LogP contribution in [0.3, 0.4) is 0 Å². The second-order valence-corrected chi connectivity index (χ2v) is 7.51. The maximum atomic E-state index is 12.1. The number of primary amides is 1. The number of aromatic nitrogens is 1. The summed E-state index contributed by atoms with van der Waals surface area (Å²) in [6, 6.07) is 10.7. The van der Waals surface area contributed by atoms with E-state index >= 15 is 0 Å². The van der Waals surface area contributed by atoms with Crippen molar-refractivity contribution in [3.63, 3.8) is 0 Å². The summed E-state index contributed by atoms with van der Waals surface area (Å²) in [5, 5.41) is 12.5. The first kappa shape index (κ1) is 22.0. The van der Waals surface area contributed by atoms with E-state index in [1.165, 1.54) is 6.21 Å². The standard InChI is InChI=1S/C21H27N7O/c1-20(13-26-14-22,19(28(3)4)27-15-8-7-11-25-12-15)21(2,24)17-10-6-5-9-16(17)18(23)29/h5-13,19,27H,24H2,1-4H3,(H2,23,29). The Kier molecular flexibility index (Phi) is 6.69. The van der Waals surface area contributed by atoms with Crippen LogP contribution < -0.4 is 16.8 Å². The topological polar surface area (TPSA) is 133 Å². The molecule has 0 aliphatic carbocycles. The first-order valence-corrected chi connectivity index (χ1v) is 9.09. The molecule has 1 aromatic carbocycles. The summed E-state index contributed by atoms with van der Waals surface area (Å²) < 4.78 is 0. The van der Waals surface area contributed by atoms with E-state index < -0.39 is 23.0 Å². The van der Waals surface area contributed by atoms with Crippen molar-refractivity contribution in [1.29, 1.82) is 5.26 Å².